The monoisotopic (exact) mass is 235 g/mol. The maximum Gasteiger partial charge on any atom is 0.168 e. The third kappa shape index (κ3) is 2.51. The molecule has 0 aliphatic carbocycles. The lowest BCUT2D eigenvalue weighted by Gasteiger charge is -2.41. The highest BCUT2D eigenvalue weighted by Crippen LogP contribution is 2.12. The smallest absolute Gasteiger partial charge is 0.168 e. The van der Waals surface area contributed by atoms with Gasteiger partial charge in [-0.1, -0.05) is 30.3 Å². The summed E-state index contributed by atoms with van der Waals surface area (Å²) in [6.45, 7) is 5.19. The Morgan fingerprint density at radius 3 is 2.25 bits per heavy atom. The molecule has 1 aromatic carbocycles. The Morgan fingerprint density at radius 1 is 1.12 bits per heavy atom. The van der Waals surface area contributed by atoms with Gasteiger partial charge in [-0.2, -0.15) is 0 Å². The van der Waals surface area contributed by atoms with E-state index in [1.54, 1.807) is 0 Å². The Hall–Kier alpha value is -1.13. The first kappa shape index (κ1) is 11.4. The van der Waals surface area contributed by atoms with Crippen LogP contribution in [0.15, 0.2) is 30.3 Å². The summed E-state index contributed by atoms with van der Waals surface area (Å²) in [5, 5.41) is 7.19. The molecule has 1 saturated heterocycles. The summed E-state index contributed by atoms with van der Waals surface area (Å²) in [7, 11) is 0. The zero-order valence-electron chi connectivity index (χ0n) is 9.60. The van der Waals surface area contributed by atoms with Crippen LogP contribution in [0.3, 0.4) is 0 Å². The van der Waals surface area contributed by atoms with E-state index in [0.29, 0.717) is 0 Å². The van der Waals surface area contributed by atoms with Crippen molar-refractivity contribution in [2.75, 3.05) is 0 Å². The van der Waals surface area contributed by atoms with E-state index >= 15 is 0 Å². The van der Waals surface area contributed by atoms with Gasteiger partial charge in [0, 0.05) is 6.54 Å². The molecule has 2 atom stereocenters. The molecular formula is C12H17N3S. The van der Waals surface area contributed by atoms with Crippen LogP contribution >= 0.6 is 12.2 Å². The molecule has 0 aromatic heterocycles. The van der Waals surface area contributed by atoms with E-state index in [9.17, 15) is 0 Å². The maximum absolute atomic E-state index is 5.13. The van der Waals surface area contributed by atoms with Crippen LogP contribution in [0.1, 0.15) is 19.4 Å². The Bertz CT molecular complexity index is 352. The van der Waals surface area contributed by atoms with E-state index in [0.717, 1.165) is 11.7 Å². The van der Waals surface area contributed by atoms with Crippen molar-refractivity contribution in [1.29, 1.82) is 0 Å². The largest absolute Gasteiger partial charge is 0.347 e. The minimum atomic E-state index is 0.268. The van der Waals surface area contributed by atoms with Gasteiger partial charge in [-0.3, -0.25) is 4.90 Å². The van der Waals surface area contributed by atoms with Crippen molar-refractivity contribution in [2.24, 2.45) is 0 Å². The Balaban J connectivity index is 2.06. The lowest BCUT2D eigenvalue weighted by atomic mass is 10.2. The van der Waals surface area contributed by atoms with E-state index < -0.39 is 0 Å². The second-order valence-corrected chi connectivity index (χ2v) is 4.54. The number of nitrogens with one attached hydrogen (secondary N) is 2. The van der Waals surface area contributed by atoms with Gasteiger partial charge in [0.2, 0.25) is 0 Å². The fourth-order valence-electron chi connectivity index (χ4n) is 1.99. The molecule has 0 bridgehead atoms. The fraction of sp³-hybridized carbons (Fsp3) is 0.417. The van der Waals surface area contributed by atoms with Crippen LogP contribution in [0.4, 0.5) is 0 Å². The van der Waals surface area contributed by atoms with Gasteiger partial charge in [-0.05, 0) is 31.6 Å². The SMILES string of the molecule is CC1NC(=S)NC(C)N1Cc1ccccc1. The zero-order valence-corrected chi connectivity index (χ0v) is 10.4. The molecule has 2 rings (SSSR count). The van der Waals surface area contributed by atoms with E-state index in [1.807, 2.05) is 6.07 Å². The number of hydrogen-bond donors (Lipinski definition) is 2. The van der Waals surface area contributed by atoms with E-state index in [2.05, 4.69) is 53.6 Å². The molecular weight excluding hydrogens is 218 g/mol. The average molecular weight is 235 g/mol. The van der Waals surface area contributed by atoms with Crippen LogP contribution in [0, 0.1) is 0 Å². The summed E-state index contributed by atoms with van der Waals surface area (Å²) >= 11 is 5.13. The minimum absolute atomic E-state index is 0.268. The summed E-state index contributed by atoms with van der Waals surface area (Å²) in [5.74, 6) is 0. The second-order valence-electron chi connectivity index (χ2n) is 4.13. The minimum Gasteiger partial charge on any atom is -0.347 e. The van der Waals surface area contributed by atoms with Crippen LogP contribution in [0.2, 0.25) is 0 Å². The summed E-state index contributed by atoms with van der Waals surface area (Å²) < 4.78 is 0. The van der Waals surface area contributed by atoms with Crippen LogP contribution in [-0.4, -0.2) is 22.3 Å². The molecule has 3 nitrogen and oxygen atoms in total. The molecule has 2 unspecified atom stereocenters. The quantitative estimate of drug-likeness (QED) is 0.762. The first-order valence-corrected chi connectivity index (χ1v) is 5.94. The molecule has 1 fully saturated rings. The van der Waals surface area contributed by atoms with Crippen LogP contribution in [-0.2, 0) is 6.54 Å². The highest BCUT2D eigenvalue weighted by atomic mass is 32.1. The second kappa shape index (κ2) is 4.80. The summed E-state index contributed by atoms with van der Waals surface area (Å²) in [5.41, 5.74) is 1.32. The summed E-state index contributed by atoms with van der Waals surface area (Å²) in [6.07, 6.45) is 0.535. The van der Waals surface area contributed by atoms with Crippen LogP contribution in [0.25, 0.3) is 0 Å². The van der Waals surface area contributed by atoms with Gasteiger partial charge in [0.1, 0.15) is 0 Å². The van der Waals surface area contributed by atoms with Crippen molar-refractivity contribution in [3.63, 3.8) is 0 Å². The van der Waals surface area contributed by atoms with Gasteiger partial charge in [-0.15, -0.1) is 0 Å². The summed E-state index contributed by atoms with van der Waals surface area (Å²) in [4.78, 5) is 2.34. The van der Waals surface area contributed by atoms with Gasteiger partial charge in [0.25, 0.3) is 0 Å². The lowest BCUT2D eigenvalue weighted by molar-refractivity contribution is 0.106. The highest BCUT2D eigenvalue weighted by Gasteiger charge is 2.25. The molecule has 0 saturated carbocycles. The van der Waals surface area contributed by atoms with Crippen molar-refractivity contribution in [3.8, 4) is 0 Å². The fourth-order valence-corrected chi connectivity index (χ4v) is 2.33. The first-order valence-electron chi connectivity index (χ1n) is 5.53. The number of thiocarbonyl (C=S) groups is 1. The first-order chi connectivity index (χ1) is 7.66. The highest BCUT2D eigenvalue weighted by molar-refractivity contribution is 7.80. The molecule has 1 heterocycles. The van der Waals surface area contributed by atoms with Gasteiger partial charge in [0.05, 0.1) is 12.3 Å². The molecule has 0 amide bonds. The van der Waals surface area contributed by atoms with Crippen LogP contribution in [0.5, 0.6) is 0 Å². The van der Waals surface area contributed by atoms with Gasteiger partial charge >= 0.3 is 0 Å². The van der Waals surface area contributed by atoms with E-state index in [1.165, 1.54) is 5.56 Å². The topological polar surface area (TPSA) is 27.3 Å². The lowest BCUT2D eigenvalue weighted by Crippen LogP contribution is -2.63. The standard InChI is InChI=1S/C12H17N3S/c1-9-13-12(16)14-10(2)15(9)8-11-6-4-3-5-7-11/h3-7,9-10H,8H2,1-2H3,(H2,13,14,16). The van der Waals surface area contributed by atoms with Crippen molar-refractivity contribution in [1.82, 2.24) is 15.5 Å². The number of nitrogens with zero attached hydrogens (tertiary/aromatic N) is 1. The van der Waals surface area contributed by atoms with Crippen molar-refractivity contribution in [2.45, 2.75) is 32.7 Å². The Morgan fingerprint density at radius 2 is 1.69 bits per heavy atom. The molecule has 1 aromatic rings. The average Bonchev–Trinajstić information content (AvgIpc) is 2.25. The zero-order chi connectivity index (χ0) is 11.5. The number of rotatable bonds is 2. The molecule has 86 valence electrons. The van der Waals surface area contributed by atoms with Crippen molar-refractivity contribution < 1.29 is 0 Å². The third-order valence-electron chi connectivity index (χ3n) is 2.88. The van der Waals surface area contributed by atoms with E-state index in [4.69, 9.17) is 12.2 Å². The maximum atomic E-state index is 5.13. The molecule has 4 heteroatoms. The molecule has 2 N–H and O–H groups in total. The van der Waals surface area contributed by atoms with Crippen molar-refractivity contribution in [3.05, 3.63) is 35.9 Å². The summed E-state index contributed by atoms with van der Waals surface area (Å²) in [6, 6.07) is 10.5. The number of hydrogen-bond acceptors (Lipinski definition) is 2. The van der Waals surface area contributed by atoms with Gasteiger partial charge < -0.3 is 10.6 Å². The van der Waals surface area contributed by atoms with Gasteiger partial charge in [-0.25, -0.2) is 0 Å². The third-order valence-corrected chi connectivity index (χ3v) is 3.12. The predicted octanol–water partition coefficient (Wildman–Crippen LogP) is 1.66. The van der Waals surface area contributed by atoms with E-state index in [-0.39, 0.29) is 12.3 Å². The Kier molecular flexibility index (Phi) is 3.41. The normalized spacial score (nSPS) is 26.0. The molecule has 0 spiro atoms. The predicted molar refractivity (Wildman–Crippen MR) is 69.8 cm³/mol. The molecule has 1 aliphatic rings. The van der Waals surface area contributed by atoms with Crippen molar-refractivity contribution >= 4 is 17.3 Å². The van der Waals surface area contributed by atoms with Gasteiger partial charge in [0.15, 0.2) is 5.11 Å². The molecule has 16 heavy (non-hydrogen) atoms. The molecule has 1 aliphatic heterocycles. The van der Waals surface area contributed by atoms with Crippen LogP contribution < -0.4 is 10.6 Å². The molecule has 0 radical (unpaired) electrons. The Labute approximate surface area is 102 Å². The number of benzene rings is 1.